The lowest BCUT2D eigenvalue weighted by Crippen LogP contribution is -2.44. The fraction of sp³-hybridized carbons (Fsp3) is 0.875. The lowest BCUT2D eigenvalue weighted by molar-refractivity contribution is 0.0140. The number of rotatable bonds is 7. The standard InChI is InChI=1S/C16H31N2O/c1-14(9-8-10-16(2,3)19-4)13-15(17)18-11-6-5-7-12-18/h15H,5-12,17H2,1-4H3. The van der Waals surface area contributed by atoms with Gasteiger partial charge in [0.1, 0.15) is 0 Å². The van der Waals surface area contributed by atoms with Crippen LogP contribution in [0.25, 0.3) is 0 Å². The third kappa shape index (κ3) is 6.55. The average Bonchev–Trinajstić information content (AvgIpc) is 2.39. The third-order valence-electron chi connectivity index (χ3n) is 4.06. The third-order valence-corrected chi connectivity index (χ3v) is 4.06. The summed E-state index contributed by atoms with van der Waals surface area (Å²) in [7, 11) is 1.78. The Bertz CT molecular complexity index is 280. The van der Waals surface area contributed by atoms with Gasteiger partial charge in [-0.3, -0.25) is 4.90 Å². The smallest absolute Gasteiger partial charge is 0.0838 e. The molecular weight excluding hydrogens is 236 g/mol. The van der Waals surface area contributed by atoms with E-state index in [2.05, 4.69) is 31.7 Å². The molecule has 1 atom stereocenters. The quantitative estimate of drug-likeness (QED) is 0.770. The molecule has 1 unspecified atom stereocenters. The first-order valence-corrected chi connectivity index (χ1v) is 7.58. The van der Waals surface area contributed by atoms with Gasteiger partial charge < -0.3 is 10.5 Å². The maximum atomic E-state index is 6.20. The Morgan fingerprint density at radius 2 is 1.95 bits per heavy atom. The van der Waals surface area contributed by atoms with Crippen LogP contribution >= 0.6 is 0 Å². The van der Waals surface area contributed by atoms with Crippen molar-refractivity contribution >= 4 is 0 Å². The zero-order valence-electron chi connectivity index (χ0n) is 13.2. The van der Waals surface area contributed by atoms with Crippen LogP contribution in [0.5, 0.6) is 0 Å². The Kier molecular flexibility index (Phi) is 7.05. The molecule has 0 saturated carbocycles. The minimum Gasteiger partial charge on any atom is -0.379 e. The number of methoxy groups -OCH3 is 1. The summed E-state index contributed by atoms with van der Waals surface area (Å²) >= 11 is 0. The van der Waals surface area contributed by atoms with Crippen molar-refractivity contribution in [2.24, 2.45) is 5.73 Å². The average molecular weight is 267 g/mol. The highest BCUT2D eigenvalue weighted by atomic mass is 16.5. The molecule has 3 nitrogen and oxygen atoms in total. The Morgan fingerprint density at radius 1 is 1.32 bits per heavy atom. The van der Waals surface area contributed by atoms with E-state index < -0.39 is 0 Å². The molecule has 19 heavy (non-hydrogen) atoms. The molecule has 1 rings (SSSR count). The number of hydrogen-bond donors (Lipinski definition) is 1. The van der Waals surface area contributed by atoms with Crippen molar-refractivity contribution in [3.05, 3.63) is 11.6 Å². The van der Waals surface area contributed by atoms with Crippen LogP contribution in [0.1, 0.15) is 59.3 Å². The molecule has 111 valence electrons. The van der Waals surface area contributed by atoms with Gasteiger partial charge in [-0.2, -0.15) is 0 Å². The lowest BCUT2D eigenvalue weighted by Gasteiger charge is -2.30. The maximum absolute atomic E-state index is 6.20. The largest absolute Gasteiger partial charge is 0.379 e. The predicted octanol–water partition coefficient (Wildman–Crippen LogP) is 3.10. The molecule has 3 heteroatoms. The predicted molar refractivity (Wildman–Crippen MR) is 80.8 cm³/mol. The number of allylic oxidation sites excluding steroid dienone is 1. The molecule has 1 heterocycles. The van der Waals surface area contributed by atoms with Gasteiger partial charge in [0, 0.05) is 7.11 Å². The molecule has 0 aromatic rings. The van der Waals surface area contributed by atoms with E-state index in [-0.39, 0.29) is 11.8 Å². The molecule has 1 fully saturated rings. The summed E-state index contributed by atoms with van der Waals surface area (Å²) in [5, 5.41) is 0. The van der Waals surface area contributed by atoms with Gasteiger partial charge in [0.05, 0.1) is 11.8 Å². The van der Waals surface area contributed by atoms with E-state index in [1.807, 2.05) is 0 Å². The van der Waals surface area contributed by atoms with Gasteiger partial charge in [-0.1, -0.05) is 12.0 Å². The fourth-order valence-electron chi connectivity index (χ4n) is 2.49. The monoisotopic (exact) mass is 267 g/mol. The molecule has 0 amide bonds. The number of nitrogens with zero attached hydrogens (tertiary/aromatic N) is 1. The zero-order chi connectivity index (χ0) is 14.3. The summed E-state index contributed by atoms with van der Waals surface area (Å²) in [5.41, 5.74) is 7.47. The van der Waals surface area contributed by atoms with Crippen molar-refractivity contribution in [2.75, 3.05) is 20.2 Å². The SMILES string of the molecule is COC(C)(C)CCC/C(C)=[C]/C(N)N1CCCCC1. The second-order valence-corrected chi connectivity index (χ2v) is 6.28. The summed E-state index contributed by atoms with van der Waals surface area (Å²) in [4.78, 5) is 2.34. The van der Waals surface area contributed by atoms with E-state index in [0.29, 0.717) is 0 Å². The van der Waals surface area contributed by atoms with Gasteiger partial charge in [-0.25, -0.2) is 0 Å². The molecule has 0 aromatic heterocycles. The molecule has 2 N–H and O–H groups in total. The van der Waals surface area contributed by atoms with Crippen LogP contribution in [0.4, 0.5) is 0 Å². The molecule has 0 aromatic carbocycles. The second kappa shape index (κ2) is 8.03. The van der Waals surface area contributed by atoms with Crippen LogP contribution in [0.3, 0.4) is 0 Å². The molecule has 0 aliphatic carbocycles. The molecule has 1 saturated heterocycles. The number of piperidine rings is 1. The Morgan fingerprint density at radius 3 is 2.53 bits per heavy atom. The first-order valence-electron chi connectivity index (χ1n) is 7.58. The van der Waals surface area contributed by atoms with Crippen LogP contribution in [-0.2, 0) is 4.74 Å². The van der Waals surface area contributed by atoms with E-state index in [9.17, 15) is 0 Å². The second-order valence-electron chi connectivity index (χ2n) is 6.28. The fourth-order valence-corrected chi connectivity index (χ4v) is 2.49. The number of hydrogen-bond acceptors (Lipinski definition) is 3. The van der Waals surface area contributed by atoms with Crippen molar-refractivity contribution in [1.82, 2.24) is 4.90 Å². The van der Waals surface area contributed by atoms with E-state index in [1.165, 1.54) is 24.8 Å². The van der Waals surface area contributed by atoms with Gasteiger partial charge in [-0.15, -0.1) is 0 Å². The first-order chi connectivity index (χ1) is 8.94. The number of ether oxygens (including phenoxy) is 1. The Balaban J connectivity index is 2.31. The Labute approximate surface area is 119 Å². The van der Waals surface area contributed by atoms with Crippen LogP contribution in [0, 0.1) is 6.08 Å². The number of likely N-dealkylation sites (tertiary alicyclic amines) is 1. The summed E-state index contributed by atoms with van der Waals surface area (Å²) < 4.78 is 5.43. The normalized spacial score (nSPS) is 20.6. The van der Waals surface area contributed by atoms with Gasteiger partial charge in [0.25, 0.3) is 0 Å². The van der Waals surface area contributed by atoms with E-state index >= 15 is 0 Å². The molecular formula is C16H31N2O. The minimum atomic E-state index is -0.0186. The van der Waals surface area contributed by atoms with Crippen molar-refractivity contribution in [1.29, 1.82) is 0 Å². The van der Waals surface area contributed by atoms with E-state index in [4.69, 9.17) is 10.5 Å². The van der Waals surface area contributed by atoms with Crippen molar-refractivity contribution in [3.8, 4) is 0 Å². The van der Waals surface area contributed by atoms with Gasteiger partial charge >= 0.3 is 0 Å². The number of nitrogens with two attached hydrogens (primary N) is 1. The maximum Gasteiger partial charge on any atom is 0.0838 e. The topological polar surface area (TPSA) is 38.5 Å². The van der Waals surface area contributed by atoms with Crippen LogP contribution < -0.4 is 5.73 Å². The molecule has 1 aliphatic heterocycles. The highest BCUT2D eigenvalue weighted by Gasteiger charge is 2.17. The lowest BCUT2D eigenvalue weighted by atomic mass is 9.98. The summed E-state index contributed by atoms with van der Waals surface area (Å²) in [6.45, 7) is 8.66. The summed E-state index contributed by atoms with van der Waals surface area (Å²) in [6.07, 6.45) is 10.6. The molecule has 1 aliphatic rings. The summed E-state index contributed by atoms with van der Waals surface area (Å²) in [5.74, 6) is 0. The first kappa shape index (κ1) is 16.7. The highest BCUT2D eigenvalue weighted by Crippen LogP contribution is 2.19. The van der Waals surface area contributed by atoms with E-state index in [1.54, 1.807) is 7.11 Å². The van der Waals surface area contributed by atoms with Crippen molar-refractivity contribution < 1.29 is 4.74 Å². The highest BCUT2D eigenvalue weighted by molar-refractivity contribution is 4.97. The molecule has 1 radical (unpaired) electrons. The van der Waals surface area contributed by atoms with Crippen molar-refractivity contribution in [2.45, 2.75) is 71.1 Å². The van der Waals surface area contributed by atoms with E-state index in [0.717, 1.165) is 32.4 Å². The van der Waals surface area contributed by atoms with Gasteiger partial charge in [-0.05, 0) is 72.0 Å². The van der Waals surface area contributed by atoms with Crippen LogP contribution in [-0.4, -0.2) is 36.9 Å². The van der Waals surface area contributed by atoms with Crippen molar-refractivity contribution in [3.63, 3.8) is 0 Å². The van der Waals surface area contributed by atoms with Crippen LogP contribution in [0.15, 0.2) is 5.57 Å². The Hall–Kier alpha value is -0.380. The van der Waals surface area contributed by atoms with Gasteiger partial charge in [0.15, 0.2) is 0 Å². The zero-order valence-corrected chi connectivity index (χ0v) is 13.2. The summed E-state index contributed by atoms with van der Waals surface area (Å²) in [6, 6.07) is 0. The van der Waals surface area contributed by atoms with Crippen LogP contribution in [0.2, 0.25) is 0 Å². The molecule has 0 bridgehead atoms. The minimum absolute atomic E-state index is 0.0178. The van der Waals surface area contributed by atoms with Gasteiger partial charge in [0.2, 0.25) is 0 Å². The molecule has 0 spiro atoms.